The molecule has 4 atom stereocenters. The zero-order valence-electron chi connectivity index (χ0n) is 11.2. The summed E-state index contributed by atoms with van der Waals surface area (Å²) < 4.78 is 0. The van der Waals surface area contributed by atoms with E-state index in [4.69, 9.17) is 0 Å². The van der Waals surface area contributed by atoms with Crippen LogP contribution in [0.15, 0.2) is 0 Å². The van der Waals surface area contributed by atoms with Gasteiger partial charge in [0, 0.05) is 6.42 Å². The van der Waals surface area contributed by atoms with Crippen LogP contribution in [0.1, 0.15) is 52.9 Å². The number of ketones is 2. The zero-order chi connectivity index (χ0) is 12.6. The molecule has 2 nitrogen and oxygen atoms in total. The number of hydrogen-bond acceptors (Lipinski definition) is 2. The molecule has 0 bridgehead atoms. The lowest BCUT2D eigenvalue weighted by Crippen LogP contribution is -2.39. The van der Waals surface area contributed by atoms with Gasteiger partial charge in [-0.2, -0.15) is 0 Å². The van der Waals surface area contributed by atoms with E-state index in [9.17, 15) is 9.59 Å². The van der Waals surface area contributed by atoms with Crippen LogP contribution in [0.4, 0.5) is 0 Å². The molecular weight excluding hydrogens is 212 g/mol. The van der Waals surface area contributed by atoms with Crippen molar-refractivity contribution in [3.05, 3.63) is 0 Å². The first kappa shape index (κ1) is 12.8. The summed E-state index contributed by atoms with van der Waals surface area (Å²) in [5, 5.41) is 0. The van der Waals surface area contributed by atoms with Gasteiger partial charge in [-0.15, -0.1) is 0 Å². The first-order valence-electron chi connectivity index (χ1n) is 7.02. The second-order valence-corrected chi connectivity index (χ2v) is 6.41. The van der Waals surface area contributed by atoms with Crippen molar-refractivity contribution >= 4 is 11.6 Å². The Labute approximate surface area is 104 Å². The standard InChI is InChI=1S/C15H24O2/c1-9(2)11-4-5-12-8-15(17)14(10(3)16)7-13(12)6-11/h9,11-14H,4-8H2,1-3H3. The van der Waals surface area contributed by atoms with Crippen LogP contribution in [0.2, 0.25) is 0 Å². The smallest absolute Gasteiger partial charge is 0.143 e. The highest BCUT2D eigenvalue weighted by molar-refractivity contribution is 6.01. The number of Topliss-reactive ketones (excluding diaryl/α,β-unsaturated/α-hetero) is 2. The molecule has 0 aromatic carbocycles. The van der Waals surface area contributed by atoms with Gasteiger partial charge in [0.1, 0.15) is 11.6 Å². The van der Waals surface area contributed by atoms with Crippen LogP contribution >= 0.6 is 0 Å². The quantitative estimate of drug-likeness (QED) is 0.690. The Morgan fingerprint density at radius 1 is 1.18 bits per heavy atom. The summed E-state index contributed by atoms with van der Waals surface area (Å²) in [6.07, 6.45) is 5.21. The highest BCUT2D eigenvalue weighted by Crippen LogP contribution is 2.45. The average molecular weight is 236 g/mol. The van der Waals surface area contributed by atoms with Crippen molar-refractivity contribution in [3.63, 3.8) is 0 Å². The second-order valence-electron chi connectivity index (χ2n) is 6.41. The maximum Gasteiger partial charge on any atom is 0.143 e. The van der Waals surface area contributed by atoms with Crippen LogP contribution in [-0.2, 0) is 9.59 Å². The third-order valence-corrected chi connectivity index (χ3v) is 5.00. The van der Waals surface area contributed by atoms with E-state index in [0.29, 0.717) is 18.3 Å². The fourth-order valence-corrected chi connectivity index (χ4v) is 3.75. The fourth-order valence-electron chi connectivity index (χ4n) is 3.75. The summed E-state index contributed by atoms with van der Waals surface area (Å²) >= 11 is 0. The van der Waals surface area contributed by atoms with Gasteiger partial charge in [-0.25, -0.2) is 0 Å². The Bertz CT molecular complexity index is 319. The largest absolute Gasteiger partial charge is 0.299 e. The maximum absolute atomic E-state index is 11.9. The SMILES string of the molecule is CC(=O)C1CC2CC(C(C)C)CCC2CC1=O. The van der Waals surface area contributed by atoms with Gasteiger partial charge in [-0.1, -0.05) is 13.8 Å². The summed E-state index contributed by atoms with van der Waals surface area (Å²) in [5.74, 6) is 2.77. The lowest BCUT2D eigenvalue weighted by molar-refractivity contribution is -0.137. The lowest BCUT2D eigenvalue weighted by Gasteiger charge is -2.42. The number of fused-ring (bicyclic) bond motifs is 1. The highest BCUT2D eigenvalue weighted by atomic mass is 16.1. The van der Waals surface area contributed by atoms with Crippen molar-refractivity contribution < 1.29 is 9.59 Å². The first-order chi connectivity index (χ1) is 7.99. The van der Waals surface area contributed by atoms with E-state index in [1.54, 1.807) is 6.92 Å². The van der Waals surface area contributed by atoms with Gasteiger partial charge in [0.15, 0.2) is 0 Å². The van der Waals surface area contributed by atoms with Crippen molar-refractivity contribution in [3.8, 4) is 0 Å². The van der Waals surface area contributed by atoms with Crippen LogP contribution in [0, 0.1) is 29.6 Å². The van der Waals surface area contributed by atoms with E-state index >= 15 is 0 Å². The van der Waals surface area contributed by atoms with Crippen molar-refractivity contribution in [2.45, 2.75) is 52.9 Å². The van der Waals surface area contributed by atoms with E-state index in [-0.39, 0.29) is 17.5 Å². The summed E-state index contributed by atoms with van der Waals surface area (Å²) in [6, 6.07) is 0. The summed E-state index contributed by atoms with van der Waals surface area (Å²) in [5.41, 5.74) is 0. The number of rotatable bonds is 2. The van der Waals surface area contributed by atoms with Gasteiger partial charge < -0.3 is 0 Å². The summed E-state index contributed by atoms with van der Waals surface area (Å²) in [4.78, 5) is 23.4. The Hall–Kier alpha value is -0.660. The topological polar surface area (TPSA) is 34.1 Å². The van der Waals surface area contributed by atoms with Crippen LogP contribution in [-0.4, -0.2) is 11.6 Å². The molecule has 4 unspecified atom stereocenters. The summed E-state index contributed by atoms with van der Waals surface area (Å²) in [6.45, 7) is 6.16. The maximum atomic E-state index is 11.9. The molecule has 0 saturated heterocycles. The van der Waals surface area contributed by atoms with Gasteiger partial charge in [0.2, 0.25) is 0 Å². The molecule has 0 aromatic rings. The molecule has 0 radical (unpaired) electrons. The fraction of sp³-hybridized carbons (Fsp3) is 0.867. The van der Waals surface area contributed by atoms with Crippen molar-refractivity contribution in [1.29, 1.82) is 0 Å². The first-order valence-corrected chi connectivity index (χ1v) is 7.02. The molecule has 2 aliphatic carbocycles. The number of hydrogen-bond donors (Lipinski definition) is 0. The third kappa shape index (κ3) is 2.61. The van der Waals surface area contributed by atoms with Crippen LogP contribution in [0.3, 0.4) is 0 Å². The molecular formula is C15H24O2. The van der Waals surface area contributed by atoms with Gasteiger partial charge in [0.05, 0.1) is 5.92 Å². The Kier molecular flexibility index (Phi) is 3.70. The predicted octanol–water partition coefficient (Wildman–Crippen LogP) is 3.24. The molecule has 2 heteroatoms. The van der Waals surface area contributed by atoms with Crippen LogP contribution in [0.25, 0.3) is 0 Å². The van der Waals surface area contributed by atoms with Crippen molar-refractivity contribution in [1.82, 2.24) is 0 Å². The molecule has 0 N–H and O–H groups in total. The van der Waals surface area contributed by atoms with E-state index in [0.717, 1.165) is 18.3 Å². The molecule has 17 heavy (non-hydrogen) atoms. The van der Waals surface area contributed by atoms with Crippen molar-refractivity contribution in [2.75, 3.05) is 0 Å². The minimum Gasteiger partial charge on any atom is -0.299 e. The average Bonchev–Trinajstić information content (AvgIpc) is 2.27. The molecule has 2 aliphatic rings. The van der Waals surface area contributed by atoms with Crippen LogP contribution in [0.5, 0.6) is 0 Å². The highest BCUT2D eigenvalue weighted by Gasteiger charge is 2.41. The normalized spacial score (nSPS) is 38.0. The van der Waals surface area contributed by atoms with Gasteiger partial charge in [-0.3, -0.25) is 9.59 Å². The molecule has 96 valence electrons. The molecule has 0 spiro atoms. The minimum absolute atomic E-state index is 0.0834. The van der Waals surface area contributed by atoms with E-state index < -0.39 is 0 Å². The molecule has 0 amide bonds. The van der Waals surface area contributed by atoms with Crippen molar-refractivity contribution in [2.24, 2.45) is 29.6 Å². The third-order valence-electron chi connectivity index (χ3n) is 5.00. The number of carbonyl (C=O) groups excluding carboxylic acids is 2. The number of carbonyl (C=O) groups is 2. The molecule has 0 aromatic heterocycles. The van der Waals surface area contributed by atoms with Crippen LogP contribution < -0.4 is 0 Å². The van der Waals surface area contributed by atoms with E-state index in [1.807, 2.05) is 0 Å². The van der Waals surface area contributed by atoms with Gasteiger partial charge in [0.25, 0.3) is 0 Å². The molecule has 2 fully saturated rings. The molecule has 2 rings (SSSR count). The molecule has 0 aliphatic heterocycles. The molecule has 2 saturated carbocycles. The predicted molar refractivity (Wildman–Crippen MR) is 67.6 cm³/mol. The minimum atomic E-state index is -0.276. The zero-order valence-corrected chi connectivity index (χ0v) is 11.2. The van der Waals surface area contributed by atoms with E-state index in [2.05, 4.69) is 13.8 Å². The molecule has 0 heterocycles. The Morgan fingerprint density at radius 2 is 1.88 bits per heavy atom. The van der Waals surface area contributed by atoms with Gasteiger partial charge >= 0.3 is 0 Å². The van der Waals surface area contributed by atoms with Gasteiger partial charge in [-0.05, 0) is 56.3 Å². The Morgan fingerprint density at radius 3 is 2.47 bits per heavy atom. The summed E-state index contributed by atoms with van der Waals surface area (Å²) in [7, 11) is 0. The Balaban J connectivity index is 2.04. The second kappa shape index (κ2) is 4.91. The van der Waals surface area contributed by atoms with E-state index in [1.165, 1.54) is 19.3 Å². The monoisotopic (exact) mass is 236 g/mol. The lowest BCUT2D eigenvalue weighted by atomic mass is 9.62.